The van der Waals surface area contributed by atoms with Crippen LogP contribution < -0.4 is 5.32 Å². The lowest BCUT2D eigenvalue weighted by Crippen LogP contribution is -2.37. The lowest BCUT2D eigenvalue weighted by atomic mass is 9.88. The molecule has 1 amide bonds. The van der Waals surface area contributed by atoms with E-state index in [1.807, 2.05) is 67.6 Å². The third-order valence-electron chi connectivity index (χ3n) is 3.87. The van der Waals surface area contributed by atoms with E-state index in [1.165, 1.54) is 0 Å². The van der Waals surface area contributed by atoms with Gasteiger partial charge in [-0.15, -0.1) is 0 Å². The average Bonchev–Trinajstić information content (AvgIpc) is 2.59. The van der Waals surface area contributed by atoms with E-state index in [2.05, 4.69) is 5.32 Å². The number of hydrogen-bond acceptors (Lipinski definition) is 2. The maximum atomic E-state index is 12.3. The second-order valence-corrected chi connectivity index (χ2v) is 5.43. The fourth-order valence-corrected chi connectivity index (χ4v) is 2.55. The van der Waals surface area contributed by atoms with Crippen LogP contribution in [0.25, 0.3) is 0 Å². The van der Waals surface area contributed by atoms with Crippen LogP contribution in [0.1, 0.15) is 36.8 Å². The van der Waals surface area contributed by atoms with Crippen LogP contribution in [0.3, 0.4) is 0 Å². The van der Waals surface area contributed by atoms with E-state index >= 15 is 0 Å². The van der Waals surface area contributed by atoms with Gasteiger partial charge in [0.1, 0.15) is 0 Å². The number of carbonyl (C=O) groups is 1. The normalized spacial score (nSPS) is 12.1. The molecule has 0 heterocycles. The first kappa shape index (κ1) is 16.2. The van der Waals surface area contributed by atoms with E-state index in [1.54, 1.807) is 0 Å². The van der Waals surface area contributed by atoms with Crippen molar-refractivity contribution in [3.05, 3.63) is 71.8 Å². The van der Waals surface area contributed by atoms with Gasteiger partial charge in [0.15, 0.2) is 0 Å². The summed E-state index contributed by atoms with van der Waals surface area (Å²) in [6, 6.07) is 20.0. The Kier molecular flexibility index (Phi) is 6.16. The Morgan fingerprint density at radius 3 is 1.91 bits per heavy atom. The molecule has 0 unspecified atom stereocenters. The number of aliphatic hydroxyl groups is 1. The Hall–Kier alpha value is -2.13. The van der Waals surface area contributed by atoms with Crippen molar-refractivity contribution in [1.82, 2.24) is 5.32 Å². The van der Waals surface area contributed by atoms with Crippen LogP contribution in [0.5, 0.6) is 0 Å². The van der Waals surface area contributed by atoms with Crippen LogP contribution in [0.15, 0.2) is 60.7 Å². The Morgan fingerprint density at radius 1 is 1.00 bits per heavy atom. The zero-order chi connectivity index (χ0) is 15.8. The van der Waals surface area contributed by atoms with E-state index in [-0.39, 0.29) is 24.5 Å². The minimum absolute atomic E-state index is 0.0242. The Balaban J connectivity index is 2.17. The van der Waals surface area contributed by atoms with Crippen molar-refractivity contribution in [3.63, 3.8) is 0 Å². The van der Waals surface area contributed by atoms with Crippen LogP contribution in [-0.2, 0) is 4.79 Å². The fraction of sp³-hybridized carbons (Fsp3) is 0.316. The molecule has 1 atom stereocenters. The molecule has 0 saturated heterocycles. The van der Waals surface area contributed by atoms with Gasteiger partial charge in [0.2, 0.25) is 5.91 Å². The van der Waals surface area contributed by atoms with E-state index in [0.717, 1.165) is 17.5 Å². The molecule has 0 aliphatic carbocycles. The van der Waals surface area contributed by atoms with Gasteiger partial charge in [-0.25, -0.2) is 0 Å². The van der Waals surface area contributed by atoms with Crippen molar-refractivity contribution in [1.29, 1.82) is 0 Å². The van der Waals surface area contributed by atoms with E-state index in [0.29, 0.717) is 6.42 Å². The first-order valence-electron chi connectivity index (χ1n) is 7.74. The monoisotopic (exact) mass is 297 g/mol. The van der Waals surface area contributed by atoms with Gasteiger partial charge in [-0.05, 0) is 17.5 Å². The van der Waals surface area contributed by atoms with Crippen molar-refractivity contribution >= 4 is 5.91 Å². The summed E-state index contributed by atoms with van der Waals surface area (Å²) in [5.74, 6) is -0.00259. The number of amides is 1. The van der Waals surface area contributed by atoms with Gasteiger partial charge in [-0.2, -0.15) is 0 Å². The molecule has 2 rings (SSSR count). The highest BCUT2D eigenvalue weighted by molar-refractivity contribution is 5.77. The first-order chi connectivity index (χ1) is 10.7. The number of carbonyl (C=O) groups excluding carboxylic acids is 1. The summed E-state index contributed by atoms with van der Waals surface area (Å²) in [4.78, 5) is 12.3. The van der Waals surface area contributed by atoms with E-state index < -0.39 is 0 Å². The SMILES string of the molecule is CC[C@@H](CO)NC(=O)CC(c1ccccc1)c1ccccc1. The van der Waals surface area contributed by atoms with Crippen LogP contribution in [0, 0.1) is 0 Å². The molecule has 0 fully saturated rings. The lowest BCUT2D eigenvalue weighted by Gasteiger charge is -2.20. The predicted molar refractivity (Wildman–Crippen MR) is 88.7 cm³/mol. The van der Waals surface area contributed by atoms with Crippen LogP contribution in [0.2, 0.25) is 0 Å². The zero-order valence-corrected chi connectivity index (χ0v) is 12.9. The van der Waals surface area contributed by atoms with Gasteiger partial charge < -0.3 is 10.4 Å². The number of hydrogen-bond donors (Lipinski definition) is 2. The minimum Gasteiger partial charge on any atom is -0.394 e. The second kappa shape index (κ2) is 8.35. The maximum absolute atomic E-state index is 12.3. The second-order valence-electron chi connectivity index (χ2n) is 5.43. The Morgan fingerprint density at radius 2 is 1.50 bits per heavy atom. The zero-order valence-electron chi connectivity index (χ0n) is 12.9. The highest BCUT2D eigenvalue weighted by Crippen LogP contribution is 2.27. The van der Waals surface area contributed by atoms with Gasteiger partial charge in [-0.1, -0.05) is 67.6 Å². The summed E-state index contributed by atoms with van der Waals surface area (Å²) < 4.78 is 0. The quantitative estimate of drug-likeness (QED) is 0.825. The van der Waals surface area contributed by atoms with Gasteiger partial charge in [0, 0.05) is 12.3 Å². The molecule has 0 radical (unpaired) electrons. The van der Waals surface area contributed by atoms with Gasteiger partial charge in [0.05, 0.1) is 12.6 Å². The predicted octanol–water partition coefficient (Wildman–Crippen LogP) is 3.10. The van der Waals surface area contributed by atoms with Crippen LogP contribution >= 0.6 is 0 Å². The standard InChI is InChI=1S/C19H23NO2/c1-2-17(14-21)20-19(22)13-18(15-9-5-3-6-10-15)16-11-7-4-8-12-16/h3-12,17-18,21H,2,13-14H2,1H3,(H,20,22)/t17-/m0/s1. The van der Waals surface area contributed by atoms with Gasteiger partial charge >= 0.3 is 0 Å². The molecule has 116 valence electrons. The number of rotatable bonds is 7. The van der Waals surface area contributed by atoms with Crippen LogP contribution in [0.4, 0.5) is 0 Å². The molecule has 0 aliphatic rings. The number of nitrogens with one attached hydrogen (secondary N) is 1. The summed E-state index contributed by atoms with van der Waals surface area (Å²) in [7, 11) is 0. The van der Waals surface area contributed by atoms with Crippen molar-refractivity contribution in [3.8, 4) is 0 Å². The van der Waals surface area contributed by atoms with Crippen molar-refractivity contribution in [2.24, 2.45) is 0 Å². The molecular formula is C19H23NO2. The molecule has 2 aromatic carbocycles. The molecule has 2 N–H and O–H groups in total. The van der Waals surface area contributed by atoms with E-state index in [4.69, 9.17) is 0 Å². The Labute approximate surface area is 132 Å². The minimum atomic E-state index is -0.167. The smallest absolute Gasteiger partial charge is 0.221 e. The largest absolute Gasteiger partial charge is 0.394 e. The lowest BCUT2D eigenvalue weighted by molar-refractivity contribution is -0.122. The van der Waals surface area contributed by atoms with Crippen molar-refractivity contribution < 1.29 is 9.90 Å². The maximum Gasteiger partial charge on any atom is 0.221 e. The molecule has 3 nitrogen and oxygen atoms in total. The fourth-order valence-electron chi connectivity index (χ4n) is 2.55. The Bertz CT molecular complexity index is 525. The average molecular weight is 297 g/mol. The molecule has 0 spiro atoms. The molecule has 0 aliphatic heterocycles. The summed E-state index contributed by atoms with van der Waals surface area (Å²) in [6.07, 6.45) is 1.11. The number of aliphatic hydroxyl groups excluding tert-OH is 1. The van der Waals surface area contributed by atoms with E-state index in [9.17, 15) is 9.90 Å². The van der Waals surface area contributed by atoms with Crippen molar-refractivity contribution in [2.45, 2.75) is 31.7 Å². The van der Waals surface area contributed by atoms with Gasteiger partial charge in [0.25, 0.3) is 0 Å². The molecular weight excluding hydrogens is 274 g/mol. The molecule has 2 aromatic rings. The summed E-state index contributed by atoms with van der Waals surface area (Å²) in [6.45, 7) is 1.93. The third-order valence-corrected chi connectivity index (χ3v) is 3.87. The highest BCUT2D eigenvalue weighted by atomic mass is 16.3. The summed E-state index contributed by atoms with van der Waals surface area (Å²) in [5, 5.41) is 12.1. The summed E-state index contributed by atoms with van der Waals surface area (Å²) in [5.41, 5.74) is 2.25. The van der Waals surface area contributed by atoms with Gasteiger partial charge in [-0.3, -0.25) is 4.79 Å². The molecule has 0 aromatic heterocycles. The molecule has 0 saturated carbocycles. The summed E-state index contributed by atoms with van der Waals surface area (Å²) >= 11 is 0. The molecule has 22 heavy (non-hydrogen) atoms. The third kappa shape index (κ3) is 4.43. The van der Waals surface area contributed by atoms with Crippen molar-refractivity contribution in [2.75, 3.05) is 6.61 Å². The highest BCUT2D eigenvalue weighted by Gasteiger charge is 2.19. The van der Waals surface area contributed by atoms with Crippen LogP contribution in [-0.4, -0.2) is 23.7 Å². The molecule has 0 bridgehead atoms. The topological polar surface area (TPSA) is 49.3 Å². The molecule has 3 heteroatoms. The first-order valence-corrected chi connectivity index (χ1v) is 7.74. The number of benzene rings is 2.